The van der Waals surface area contributed by atoms with Crippen molar-refractivity contribution in [3.63, 3.8) is 0 Å². The Bertz CT molecular complexity index is 915. The molecule has 25 heavy (non-hydrogen) atoms. The normalized spacial score (nSPS) is 18.1. The van der Waals surface area contributed by atoms with Crippen molar-refractivity contribution in [3.05, 3.63) is 47.0 Å². The predicted octanol–water partition coefficient (Wildman–Crippen LogP) is 1.44. The summed E-state index contributed by atoms with van der Waals surface area (Å²) in [7, 11) is -2.18. The van der Waals surface area contributed by atoms with Crippen molar-refractivity contribution in [3.8, 4) is 0 Å². The summed E-state index contributed by atoms with van der Waals surface area (Å²) >= 11 is 5.78. The van der Waals surface area contributed by atoms with Crippen molar-refractivity contribution >= 4 is 33.2 Å². The van der Waals surface area contributed by atoms with Crippen LogP contribution in [0.5, 0.6) is 0 Å². The van der Waals surface area contributed by atoms with E-state index in [2.05, 4.69) is 9.82 Å². The van der Waals surface area contributed by atoms with Gasteiger partial charge in [-0.05, 0) is 24.6 Å². The number of amides is 1. The van der Waals surface area contributed by atoms with Crippen LogP contribution in [0, 0.1) is 5.82 Å². The van der Waals surface area contributed by atoms with Crippen molar-refractivity contribution in [2.24, 2.45) is 7.05 Å². The zero-order chi connectivity index (χ0) is 18.2. The second-order valence-electron chi connectivity index (χ2n) is 5.82. The van der Waals surface area contributed by atoms with Gasteiger partial charge in [0.1, 0.15) is 11.9 Å². The first-order valence-electron chi connectivity index (χ1n) is 7.49. The number of benzene rings is 1. The molecule has 1 saturated heterocycles. The van der Waals surface area contributed by atoms with E-state index in [9.17, 15) is 17.6 Å². The highest BCUT2D eigenvalue weighted by Crippen LogP contribution is 2.22. The van der Waals surface area contributed by atoms with Crippen LogP contribution in [0.3, 0.4) is 0 Å². The summed E-state index contributed by atoms with van der Waals surface area (Å²) in [6.45, 7) is 0.378. The van der Waals surface area contributed by atoms with E-state index in [0.717, 1.165) is 6.07 Å². The number of carbonyl (C=O) groups excluding carboxylic acids is 1. The second kappa shape index (κ2) is 6.74. The molecule has 0 unspecified atom stereocenters. The second-order valence-corrected chi connectivity index (χ2v) is 8.01. The summed E-state index contributed by atoms with van der Waals surface area (Å²) in [4.78, 5) is 13.9. The highest BCUT2D eigenvalue weighted by molar-refractivity contribution is 7.88. The first kappa shape index (κ1) is 17.8. The Morgan fingerprint density at radius 1 is 1.44 bits per heavy atom. The number of anilines is 1. The van der Waals surface area contributed by atoms with Gasteiger partial charge in [0.25, 0.3) is 0 Å². The number of hydrogen-bond donors (Lipinski definition) is 1. The van der Waals surface area contributed by atoms with E-state index in [1.54, 1.807) is 17.9 Å². The number of halogens is 2. The molecule has 1 atom stereocenters. The van der Waals surface area contributed by atoms with Crippen molar-refractivity contribution in [1.82, 2.24) is 14.5 Å². The quantitative estimate of drug-likeness (QED) is 0.842. The molecule has 0 bridgehead atoms. The number of carbonyl (C=O) groups is 1. The summed E-state index contributed by atoms with van der Waals surface area (Å²) in [6, 6.07) is 2.83. The van der Waals surface area contributed by atoms with Crippen molar-refractivity contribution < 1.29 is 17.6 Å². The van der Waals surface area contributed by atoms with Gasteiger partial charge in [0, 0.05) is 30.4 Å². The summed E-state index contributed by atoms with van der Waals surface area (Å²) in [6.07, 6.45) is 3.54. The summed E-state index contributed by atoms with van der Waals surface area (Å²) in [5.41, 5.74) is 0.560. The number of nitrogens with one attached hydrogen (secondary N) is 1. The molecule has 2 heterocycles. The number of nitrogens with zero attached hydrogens (tertiary/aromatic N) is 3. The van der Waals surface area contributed by atoms with Gasteiger partial charge in [0.05, 0.1) is 17.6 Å². The fourth-order valence-electron chi connectivity index (χ4n) is 2.71. The molecule has 0 radical (unpaired) electrons. The molecule has 134 valence electrons. The average Bonchev–Trinajstić information content (AvgIpc) is 3.09. The van der Waals surface area contributed by atoms with Crippen molar-refractivity contribution in [2.45, 2.75) is 18.2 Å². The van der Waals surface area contributed by atoms with Crippen LogP contribution in [-0.4, -0.2) is 36.7 Å². The van der Waals surface area contributed by atoms with E-state index in [4.69, 9.17) is 11.6 Å². The van der Waals surface area contributed by atoms with E-state index < -0.39 is 27.6 Å². The van der Waals surface area contributed by atoms with Gasteiger partial charge in [-0.1, -0.05) is 11.6 Å². The van der Waals surface area contributed by atoms with Gasteiger partial charge >= 0.3 is 0 Å². The first-order valence-corrected chi connectivity index (χ1v) is 9.52. The van der Waals surface area contributed by atoms with Gasteiger partial charge in [0.15, 0.2) is 0 Å². The minimum Gasteiger partial charge on any atom is -0.308 e. The highest BCUT2D eigenvalue weighted by atomic mass is 35.5. The lowest BCUT2D eigenvalue weighted by atomic mass is 10.2. The van der Waals surface area contributed by atoms with Crippen LogP contribution in [-0.2, 0) is 27.6 Å². The van der Waals surface area contributed by atoms with E-state index in [-0.39, 0.29) is 16.5 Å². The molecule has 1 fully saturated rings. The SMILES string of the molecule is Cn1cc(N2CC[C@@H](NS(=O)(=O)Cc3cc(Cl)ccc3F)C2=O)cn1. The fraction of sp³-hybridized carbons (Fsp3) is 0.333. The molecule has 1 aliphatic heterocycles. The standard InChI is InChI=1S/C15H16ClFN4O3S/c1-20-8-12(7-18-20)21-5-4-14(15(21)22)19-25(23,24)9-10-6-11(16)2-3-13(10)17/h2-3,6-8,14,19H,4-5,9H2,1H3/t14-/m1/s1. The van der Waals surface area contributed by atoms with Gasteiger partial charge in [-0.3, -0.25) is 9.48 Å². The Kier molecular flexibility index (Phi) is 4.81. The third kappa shape index (κ3) is 4.00. The molecule has 0 saturated carbocycles. The molecule has 0 spiro atoms. The fourth-order valence-corrected chi connectivity index (χ4v) is 4.27. The van der Waals surface area contributed by atoms with Crippen LogP contribution in [0.2, 0.25) is 5.02 Å². The van der Waals surface area contributed by atoms with Crippen molar-refractivity contribution in [2.75, 3.05) is 11.4 Å². The molecule has 10 heteroatoms. The number of aromatic nitrogens is 2. The third-order valence-corrected chi connectivity index (χ3v) is 5.45. The number of sulfonamides is 1. The van der Waals surface area contributed by atoms with Crippen LogP contribution in [0.4, 0.5) is 10.1 Å². The number of hydrogen-bond acceptors (Lipinski definition) is 4. The van der Waals surface area contributed by atoms with Gasteiger partial charge in [-0.15, -0.1) is 0 Å². The minimum atomic E-state index is -3.91. The monoisotopic (exact) mass is 386 g/mol. The summed E-state index contributed by atoms with van der Waals surface area (Å²) in [5, 5.41) is 4.24. The van der Waals surface area contributed by atoms with Crippen LogP contribution in [0.1, 0.15) is 12.0 Å². The van der Waals surface area contributed by atoms with Crippen LogP contribution >= 0.6 is 11.6 Å². The Hall–Kier alpha value is -1.97. The summed E-state index contributed by atoms with van der Waals surface area (Å²) < 4.78 is 42.3. The maximum atomic E-state index is 13.7. The van der Waals surface area contributed by atoms with E-state index in [1.807, 2.05) is 0 Å². The molecule has 3 rings (SSSR count). The van der Waals surface area contributed by atoms with Crippen LogP contribution in [0.15, 0.2) is 30.6 Å². The van der Waals surface area contributed by atoms with Gasteiger partial charge < -0.3 is 4.90 Å². The zero-order valence-electron chi connectivity index (χ0n) is 13.3. The van der Waals surface area contributed by atoms with Crippen LogP contribution in [0.25, 0.3) is 0 Å². The molecular weight excluding hydrogens is 371 g/mol. The maximum absolute atomic E-state index is 13.7. The highest BCUT2D eigenvalue weighted by Gasteiger charge is 2.35. The number of rotatable bonds is 5. The molecule has 1 N–H and O–H groups in total. The Labute approximate surface area is 149 Å². The molecule has 0 aliphatic carbocycles. The lowest BCUT2D eigenvalue weighted by Gasteiger charge is -2.15. The largest absolute Gasteiger partial charge is 0.308 e. The van der Waals surface area contributed by atoms with Gasteiger partial charge in [-0.25, -0.2) is 17.5 Å². The molecule has 1 aliphatic rings. The lowest BCUT2D eigenvalue weighted by molar-refractivity contribution is -0.118. The Morgan fingerprint density at radius 3 is 2.88 bits per heavy atom. The van der Waals surface area contributed by atoms with Crippen molar-refractivity contribution in [1.29, 1.82) is 0 Å². The van der Waals surface area contributed by atoms with Gasteiger partial charge in [-0.2, -0.15) is 5.10 Å². The predicted molar refractivity (Wildman–Crippen MR) is 91.1 cm³/mol. The Balaban J connectivity index is 1.71. The molecular formula is C15H16ClFN4O3S. The Morgan fingerprint density at radius 2 is 2.20 bits per heavy atom. The maximum Gasteiger partial charge on any atom is 0.245 e. The first-order chi connectivity index (χ1) is 11.7. The zero-order valence-corrected chi connectivity index (χ0v) is 14.9. The molecule has 1 aromatic carbocycles. The molecule has 1 amide bonds. The van der Waals surface area contributed by atoms with Crippen LogP contribution < -0.4 is 9.62 Å². The third-order valence-electron chi connectivity index (χ3n) is 3.88. The lowest BCUT2D eigenvalue weighted by Crippen LogP contribution is -2.42. The molecule has 1 aromatic heterocycles. The summed E-state index contributed by atoms with van der Waals surface area (Å²) in [5.74, 6) is -1.61. The minimum absolute atomic E-state index is 0.0467. The average molecular weight is 387 g/mol. The van der Waals surface area contributed by atoms with E-state index in [0.29, 0.717) is 18.7 Å². The molecule has 7 nitrogen and oxygen atoms in total. The van der Waals surface area contributed by atoms with E-state index in [1.165, 1.54) is 23.2 Å². The van der Waals surface area contributed by atoms with Gasteiger partial charge in [0.2, 0.25) is 15.9 Å². The topological polar surface area (TPSA) is 84.3 Å². The van der Waals surface area contributed by atoms with E-state index >= 15 is 0 Å². The smallest absolute Gasteiger partial charge is 0.245 e. The number of aryl methyl sites for hydroxylation is 1. The molecule has 2 aromatic rings.